The van der Waals surface area contributed by atoms with Gasteiger partial charge in [0.1, 0.15) is 17.4 Å². The van der Waals surface area contributed by atoms with Crippen LogP contribution < -0.4 is 14.4 Å². The van der Waals surface area contributed by atoms with Crippen LogP contribution in [-0.2, 0) is 16.6 Å². The fraction of sp³-hybridized carbons (Fsp3) is 0.455. The van der Waals surface area contributed by atoms with E-state index in [9.17, 15) is 8.42 Å². The van der Waals surface area contributed by atoms with Crippen LogP contribution in [0.5, 0.6) is 5.75 Å². The van der Waals surface area contributed by atoms with Gasteiger partial charge >= 0.3 is 0 Å². The number of nitrogens with zero attached hydrogens (tertiary/aromatic N) is 7. The lowest BCUT2D eigenvalue weighted by molar-refractivity contribution is 0.246. The SMILES string of the molecule is CCOc1cncc(-n2cc(CN3CCN(c4cccc(NS(=O)(=O)C(C)C)n4)CC3)nn2)c1. The van der Waals surface area contributed by atoms with E-state index in [1.807, 2.05) is 31.3 Å². The molecule has 1 N–H and O–H groups in total. The molecular weight excluding hydrogens is 456 g/mol. The number of sulfonamides is 1. The Bertz CT molecular complexity index is 1210. The number of ether oxygens (including phenoxy) is 1. The lowest BCUT2D eigenvalue weighted by Gasteiger charge is -2.35. The maximum atomic E-state index is 12.1. The Kier molecular flexibility index (Phi) is 7.27. The molecule has 1 saturated heterocycles. The molecule has 3 aromatic heterocycles. The molecular formula is C22H30N8O3S. The van der Waals surface area contributed by atoms with Crippen molar-refractivity contribution in [2.45, 2.75) is 32.6 Å². The highest BCUT2D eigenvalue weighted by Crippen LogP contribution is 2.19. The van der Waals surface area contributed by atoms with Crippen LogP contribution in [0.2, 0.25) is 0 Å². The summed E-state index contributed by atoms with van der Waals surface area (Å²) < 4.78 is 34.1. The van der Waals surface area contributed by atoms with Crippen LogP contribution in [0.4, 0.5) is 11.6 Å². The highest BCUT2D eigenvalue weighted by molar-refractivity contribution is 7.93. The van der Waals surface area contributed by atoms with Crippen molar-refractivity contribution >= 4 is 21.7 Å². The fourth-order valence-corrected chi connectivity index (χ4v) is 4.20. The first-order valence-electron chi connectivity index (χ1n) is 11.3. The van der Waals surface area contributed by atoms with Gasteiger partial charge in [0.2, 0.25) is 10.0 Å². The Balaban J connectivity index is 1.34. The number of rotatable bonds is 9. The van der Waals surface area contributed by atoms with Gasteiger partial charge in [0.05, 0.1) is 41.8 Å². The molecule has 3 aromatic rings. The summed E-state index contributed by atoms with van der Waals surface area (Å²) in [7, 11) is -3.43. The molecule has 0 aliphatic carbocycles. The molecule has 4 heterocycles. The Morgan fingerprint density at radius 1 is 1.15 bits per heavy atom. The molecule has 182 valence electrons. The summed E-state index contributed by atoms with van der Waals surface area (Å²) in [5.74, 6) is 1.80. The summed E-state index contributed by atoms with van der Waals surface area (Å²) in [4.78, 5) is 13.2. The third kappa shape index (κ3) is 5.81. The topological polar surface area (TPSA) is 118 Å². The van der Waals surface area contributed by atoms with E-state index in [2.05, 4.69) is 34.8 Å². The van der Waals surface area contributed by atoms with Crippen LogP contribution in [0, 0.1) is 0 Å². The molecule has 1 fully saturated rings. The predicted octanol–water partition coefficient (Wildman–Crippen LogP) is 1.93. The lowest BCUT2D eigenvalue weighted by Crippen LogP contribution is -2.46. The fourth-order valence-electron chi connectivity index (χ4n) is 3.56. The minimum atomic E-state index is -3.43. The molecule has 4 rings (SSSR count). The number of anilines is 2. The molecule has 1 aliphatic heterocycles. The van der Waals surface area contributed by atoms with Gasteiger partial charge in [-0.15, -0.1) is 5.10 Å². The van der Waals surface area contributed by atoms with Crippen molar-refractivity contribution in [2.24, 2.45) is 0 Å². The van der Waals surface area contributed by atoms with Gasteiger partial charge in [-0.1, -0.05) is 11.3 Å². The largest absolute Gasteiger partial charge is 0.492 e. The van der Waals surface area contributed by atoms with Gasteiger partial charge < -0.3 is 9.64 Å². The van der Waals surface area contributed by atoms with E-state index in [0.717, 1.165) is 43.4 Å². The number of nitrogens with one attached hydrogen (secondary N) is 1. The first-order chi connectivity index (χ1) is 16.3. The van der Waals surface area contributed by atoms with Crippen LogP contribution in [0.1, 0.15) is 26.5 Å². The molecule has 11 nitrogen and oxygen atoms in total. The van der Waals surface area contributed by atoms with Crippen LogP contribution in [-0.4, -0.2) is 76.3 Å². The zero-order valence-electron chi connectivity index (χ0n) is 19.6. The molecule has 0 aromatic carbocycles. The summed E-state index contributed by atoms with van der Waals surface area (Å²) in [5, 5.41) is 8.02. The minimum Gasteiger partial charge on any atom is -0.492 e. The smallest absolute Gasteiger partial charge is 0.236 e. The molecule has 1 aliphatic rings. The Hall–Kier alpha value is -3.25. The standard InChI is InChI=1S/C22H30N8O3S/c1-4-33-20-12-19(13-23-14-20)30-16-18(25-27-30)15-28-8-10-29(11-9-28)22-7-5-6-21(24-22)26-34(31,32)17(2)3/h5-7,12-14,16-17H,4,8-11,15H2,1-3H3,(H,24,26). The average Bonchev–Trinajstić information content (AvgIpc) is 3.28. The van der Waals surface area contributed by atoms with Gasteiger partial charge in [-0.3, -0.25) is 14.6 Å². The Morgan fingerprint density at radius 3 is 2.68 bits per heavy atom. The monoisotopic (exact) mass is 486 g/mol. The van der Waals surface area contributed by atoms with Crippen molar-refractivity contribution in [3.05, 3.63) is 48.5 Å². The highest BCUT2D eigenvalue weighted by atomic mass is 32.2. The normalized spacial score (nSPS) is 15.0. The van der Waals surface area contributed by atoms with Gasteiger partial charge in [0.25, 0.3) is 0 Å². The quantitative estimate of drug-likeness (QED) is 0.484. The highest BCUT2D eigenvalue weighted by Gasteiger charge is 2.21. The summed E-state index contributed by atoms with van der Waals surface area (Å²) in [6.07, 6.45) is 5.31. The molecule has 0 spiro atoms. The van der Waals surface area contributed by atoms with E-state index in [0.29, 0.717) is 24.7 Å². The van der Waals surface area contributed by atoms with E-state index < -0.39 is 15.3 Å². The van der Waals surface area contributed by atoms with E-state index in [1.54, 1.807) is 37.0 Å². The summed E-state index contributed by atoms with van der Waals surface area (Å²) in [5.41, 5.74) is 1.67. The van der Waals surface area contributed by atoms with Gasteiger partial charge in [0, 0.05) is 38.8 Å². The van der Waals surface area contributed by atoms with E-state index >= 15 is 0 Å². The number of hydrogen-bond donors (Lipinski definition) is 1. The number of hydrogen-bond acceptors (Lipinski definition) is 9. The molecule has 0 unspecified atom stereocenters. The molecule has 0 amide bonds. The van der Waals surface area contributed by atoms with Gasteiger partial charge in [0.15, 0.2) is 0 Å². The molecule has 0 bridgehead atoms. The Morgan fingerprint density at radius 2 is 1.94 bits per heavy atom. The first kappa shape index (κ1) is 23.9. The Labute approximate surface area is 199 Å². The van der Waals surface area contributed by atoms with Crippen molar-refractivity contribution in [1.29, 1.82) is 0 Å². The van der Waals surface area contributed by atoms with E-state index in [-0.39, 0.29) is 0 Å². The van der Waals surface area contributed by atoms with Crippen molar-refractivity contribution < 1.29 is 13.2 Å². The zero-order chi connectivity index (χ0) is 24.1. The van der Waals surface area contributed by atoms with Crippen LogP contribution >= 0.6 is 0 Å². The van der Waals surface area contributed by atoms with Crippen molar-refractivity contribution in [1.82, 2.24) is 29.9 Å². The van der Waals surface area contributed by atoms with E-state index in [1.165, 1.54) is 0 Å². The molecule has 0 radical (unpaired) electrons. The second kappa shape index (κ2) is 10.3. The molecule has 12 heteroatoms. The maximum Gasteiger partial charge on any atom is 0.236 e. The minimum absolute atomic E-state index is 0.341. The lowest BCUT2D eigenvalue weighted by atomic mass is 10.3. The van der Waals surface area contributed by atoms with Crippen molar-refractivity contribution in [3.63, 3.8) is 0 Å². The number of piperazine rings is 1. The summed E-state index contributed by atoms with van der Waals surface area (Å²) in [6.45, 7) is 9.69. The second-order valence-electron chi connectivity index (χ2n) is 8.31. The van der Waals surface area contributed by atoms with Crippen molar-refractivity contribution in [2.75, 3.05) is 42.4 Å². The first-order valence-corrected chi connectivity index (χ1v) is 12.8. The van der Waals surface area contributed by atoms with Crippen LogP contribution in [0.25, 0.3) is 5.69 Å². The van der Waals surface area contributed by atoms with Crippen LogP contribution in [0.3, 0.4) is 0 Å². The second-order valence-corrected chi connectivity index (χ2v) is 10.5. The van der Waals surface area contributed by atoms with Gasteiger partial charge in [-0.2, -0.15) is 0 Å². The van der Waals surface area contributed by atoms with Gasteiger partial charge in [-0.25, -0.2) is 18.1 Å². The van der Waals surface area contributed by atoms with Gasteiger partial charge in [-0.05, 0) is 32.9 Å². The average molecular weight is 487 g/mol. The number of aromatic nitrogens is 5. The number of pyridine rings is 2. The predicted molar refractivity (Wildman–Crippen MR) is 130 cm³/mol. The molecule has 0 saturated carbocycles. The van der Waals surface area contributed by atoms with Crippen LogP contribution in [0.15, 0.2) is 42.9 Å². The maximum absolute atomic E-state index is 12.1. The van der Waals surface area contributed by atoms with Crippen molar-refractivity contribution in [3.8, 4) is 11.4 Å². The molecule has 0 atom stereocenters. The third-order valence-electron chi connectivity index (χ3n) is 5.50. The summed E-state index contributed by atoms with van der Waals surface area (Å²) in [6, 6.07) is 7.28. The zero-order valence-corrected chi connectivity index (χ0v) is 20.4. The summed E-state index contributed by atoms with van der Waals surface area (Å²) >= 11 is 0. The third-order valence-corrected chi connectivity index (χ3v) is 7.23. The van der Waals surface area contributed by atoms with E-state index in [4.69, 9.17) is 4.74 Å². The molecule has 34 heavy (non-hydrogen) atoms.